The topological polar surface area (TPSA) is 60.9 Å². The predicted molar refractivity (Wildman–Crippen MR) is 75.2 cm³/mol. The predicted octanol–water partition coefficient (Wildman–Crippen LogP) is 1.50. The minimum atomic E-state index is -0.797. The van der Waals surface area contributed by atoms with Crippen molar-refractivity contribution in [1.29, 1.82) is 0 Å². The van der Waals surface area contributed by atoms with Crippen LogP contribution < -0.4 is 0 Å². The molecule has 1 rings (SSSR count). The quantitative estimate of drug-likeness (QED) is 0.786. The van der Waals surface area contributed by atoms with Gasteiger partial charge in [0.15, 0.2) is 0 Å². The number of amides is 1. The molecule has 0 aromatic carbocycles. The molecule has 0 atom stereocenters. The zero-order chi connectivity index (χ0) is 14.3. The lowest BCUT2D eigenvalue weighted by molar-refractivity contribution is -0.137. The maximum atomic E-state index is 11.9. The Hall–Kier alpha value is -1.40. The standard InChI is InChI=1S/C13H20N2O3S/c1-14(7-3-6-13(17)18)10-12(16)15(2)9-11-5-4-8-19-11/h4-5,8H,3,6-7,9-10H2,1-2H3,(H,17,18). The van der Waals surface area contributed by atoms with Gasteiger partial charge in [0, 0.05) is 18.3 Å². The van der Waals surface area contributed by atoms with Gasteiger partial charge in [0.25, 0.3) is 0 Å². The Morgan fingerprint density at radius 3 is 2.68 bits per heavy atom. The minimum Gasteiger partial charge on any atom is -0.481 e. The van der Waals surface area contributed by atoms with Crippen molar-refractivity contribution in [3.63, 3.8) is 0 Å². The van der Waals surface area contributed by atoms with Crippen molar-refractivity contribution in [1.82, 2.24) is 9.80 Å². The average molecular weight is 284 g/mol. The van der Waals surface area contributed by atoms with Crippen LogP contribution in [-0.4, -0.2) is 54.0 Å². The smallest absolute Gasteiger partial charge is 0.303 e. The maximum Gasteiger partial charge on any atom is 0.303 e. The number of rotatable bonds is 8. The van der Waals surface area contributed by atoms with Gasteiger partial charge in [0.2, 0.25) is 5.91 Å². The highest BCUT2D eigenvalue weighted by atomic mass is 32.1. The second-order valence-electron chi connectivity index (χ2n) is 4.56. The second kappa shape index (κ2) is 7.91. The highest BCUT2D eigenvalue weighted by molar-refractivity contribution is 7.09. The summed E-state index contributed by atoms with van der Waals surface area (Å²) >= 11 is 1.63. The number of hydrogen-bond donors (Lipinski definition) is 1. The number of carboxylic acid groups (broad SMARTS) is 1. The Morgan fingerprint density at radius 1 is 1.37 bits per heavy atom. The van der Waals surface area contributed by atoms with Crippen molar-refractivity contribution in [3.05, 3.63) is 22.4 Å². The number of aliphatic carboxylic acids is 1. The van der Waals surface area contributed by atoms with Gasteiger partial charge in [-0.05, 0) is 31.5 Å². The van der Waals surface area contributed by atoms with Crippen LogP contribution in [0.5, 0.6) is 0 Å². The highest BCUT2D eigenvalue weighted by Crippen LogP contribution is 2.10. The molecule has 106 valence electrons. The number of likely N-dealkylation sites (N-methyl/N-ethyl adjacent to an activating group) is 2. The maximum absolute atomic E-state index is 11.9. The summed E-state index contributed by atoms with van der Waals surface area (Å²) in [4.78, 5) is 27.1. The van der Waals surface area contributed by atoms with Crippen molar-refractivity contribution in [2.75, 3.05) is 27.2 Å². The number of nitrogens with zero attached hydrogens (tertiary/aromatic N) is 2. The van der Waals surface area contributed by atoms with Gasteiger partial charge in [-0.2, -0.15) is 0 Å². The molecular weight excluding hydrogens is 264 g/mol. The summed E-state index contributed by atoms with van der Waals surface area (Å²) in [6.07, 6.45) is 0.706. The molecule has 0 fully saturated rings. The van der Waals surface area contributed by atoms with Gasteiger partial charge in [0.1, 0.15) is 0 Å². The molecule has 1 aromatic rings. The number of thiophene rings is 1. The van der Waals surface area contributed by atoms with Crippen LogP contribution in [0.1, 0.15) is 17.7 Å². The lowest BCUT2D eigenvalue weighted by atomic mass is 10.3. The summed E-state index contributed by atoms with van der Waals surface area (Å²) in [5.41, 5.74) is 0. The van der Waals surface area contributed by atoms with Crippen molar-refractivity contribution in [2.24, 2.45) is 0 Å². The van der Waals surface area contributed by atoms with Crippen LogP contribution in [0.15, 0.2) is 17.5 Å². The Bertz CT molecular complexity index is 406. The van der Waals surface area contributed by atoms with Gasteiger partial charge in [0.05, 0.1) is 13.1 Å². The fourth-order valence-corrected chi connectivity index (χ4v) is 2.41. The van der Waals surface area contributed by atoms with Crippen LogP contribution in [-0.2, 0) is 16.1 Å². The summed E-state index contributed by atoms with van der Waals surface area (Å²) in [6.45, 7) is 1.56. The molecule has 0 unspecified atom stereocenters. The van der Waals surface area contributed by atoms with Crippen LogP contribution in [0.3, 0.4) is 0 Å². The monoisotopic (exact) mass is 284 g/mol. The fourth-order valence-electron chi connectivity index (χ4n) is 1.66. The van der Waals surface area contributed by atoms with E-state index in [1.165, 1.54) is 0 Å². The van der Waals surface area contributed by atoms with E-state index in [9.17, 15) is 9.59 Å². The average Bonchev–Trinajstić information content (AvgIpc) is 2.81. The number of carboxylic acids is 1. The number of carbonyl (C=O) groups excluding carboxylic acids is 1. The second-order valence-corrected chi connectivity index (χ2v) is 5.60. The van der Waals surface area contributed by atoms with E-state index in [4.69, 9.17) is 5.11 Å². The Balaban J connectivity index is 2.27. The SMILES string of the molecule is CN(CCCC(=O)O)CC(=O)N(C)Cc1cccs1. The summed E-state index contributed by atoms with van der Waals surface area (Å²) in [7, 11) is 3.62. The number of carbonyl (C=O) groups is 2. The van der Waals surface area contributed by atoms with Gasteiger partial charge >= 0.3 is 5.97 Å². The molecule has 1 N–H and O–H groups in total. The largest absolute Gasteiger partial charge is 0.481 e. The lowest BCUT2D eigenvalue weighted by Crippen LogP contribution is -2.36. The molecule has 0 aliphatic rings. The molecule has 0 spiro atoms. The van der Waals surface area contributed by atoms with Crippen molar-refractivity contribution in [2.45, 2.75) is 19.4 Å². The van der Waals surface area contributed by atoms with E-state index in [1.54, 1.807) is 23.3 Å². The third-order valence-corrected chi connectivity index (χ3v) is 3.60. The molecule has 0 aliphatic heterocycles. The Kier molecular flexibility index (Phi) is 6.52. The summed E-state index contributed by atoms with van der Waals surface area (Å²) < 4.78 is 0. The van der Waals surface area contributed by atoms with E-state index in [0.29, 0.717) is 26.1 Å². The van der Waals surface area contributed by atoms with E-state index in [0.717, 1.165) is 4.88 Å². The molecule has 1 heterocycles. The molecule has 5 nitrogen and oxygen atoms in total. The minimum absolute atomic E-state index is 0.0474. The third kappa shape index (κ3) is 6.35. The highest BCUT2D eigenvalue weighted by Gasteiger charge is 2.12. The molecule has 0 radical (unpaired) electrons. The molecule has 0 bridgehead atoms. The van der Waals surface area contributed by atoms with E-state index in [-0.39, 0.29) is 12.3 Å². The third-order valence-electron chi connectivity index (χ3n) is 2.73. The number of hydrogen-bond acceptors (Lipinski definition) is 4. The van der Waals surface area contributed by atoms with Gasteiger partial charge in [-0.25, -0.2) is 0 Å². The summed E-state index contributed by atoms with van der Waals surface area (Å²) in [5, 5.41) is 10.5. The van der Waals surface area contributed by atoms with E-state index in [1.807, 2.05) is 29.5 Å². The molecule has 1 amide bonds. The Labute approximate surface area is 117 Å². The van der Waals surface area contributed by atoms with Crippen LogP contribution in [0.4, 0.5) is 0 Å². The fraction of sp³-hybridized carbons (Fsp3) is 0.538. The van der Waals surface area contributed by atoms with E-state index >= 15 is 0 Å². The van der Waals surface area contributed by atoms with Gasteiger partial charge in [-0.1, -0.05) is 6.07 Å². The molecule has 0 saturated heterocycles. The summed E-state index contributed by atoms with van der Waals surface area (Å²) in [6, 6.07) is 3.97. The first-order valence-corrected chi connectivity index (χ1v) is 7.03. The molecule has 0 aliphatic carbocycles. The molecule has 19 heavy (non-hydrogen) atoms. The van der Waals surface area contributed by atoms with Gasteiger partial charge < -0.3 is 10.0 Å². The first-order chi connectivity index (χ1) is 8.99. The first kappa shape index (κ1) is 15.7. The molecular formula is C13H20N2O3S. The van der Waals surface area contributed by atoms with Crippen LogP contribution in [0, 0.1) is 0 Å². The van der Waals surface area contributed by atoms with Crippen molar-refractivity contribution in [3.8, 4) is 0 Å². The zero-order valence-electron chi connectivity index (χ0n) is 11.3. The van der Waals surface area contributed by atoms with Crippen LogP contribution >= 0.6 is 11.3 Å². The molecule has 0 saturated carbocycles. The lowest BCUT2D eigenvalue weighted by Gasteiger charge is -2.21. The molecule has 1 aromatic heterocycles. The van der Waals surface area contributed by atoms with Crippen molar-refractivity contribution >= 4 is 23.2 Å². The Morgan fingerprint density at radius 2 is 2.11 bits per heavy atom. The van der Waals surface area contributed by atoms with E-state index < -0.39 is 5.97 Å². The van der Waals surface area contributed by atoms with Crippen molar-refractivity contribution < 1.29 is 14.7 Å². The van der Waals surface area contributed by atoms with Crippen LogP contribution in [0.25, 0.3) is 0 Å². The first-order valence-electron chi connectivity index (χ1n) is 6.15. The van der Waals surface area contributed by atoms with Crippen LogP contribution in [0.2, 0.25) is 0 Å². The normalized spacial score (nSPS) is 10.7. The van der Waals surface area contributed by atoms with Gasteiger partial charge in [-0.3, -0.25) is 14.5 Å². The summed E-state index contributed by atoms with van der Waals surface area (Å²) in [5.74, 6) is -0.749. The van der Waals surface area contributed by atoms with E-state index in [2.05, 4.69) is 0 Å². The zero-order valence-corrected chi connectivity index (χ0v) is 12.2. The van der Waals surface area contributed by atoms with Gasteiger partial charge in [-0.15, -0.1) is 11.3 Å². The molecule has 6 heteroatoms.